The molecular weight excluding hydrogens is 542 g/mol. The Hall–Kier alpha value is -4.18. The first-order valence-electron chi connectivity index (χ1n) is 13.2. The highest BCUT2D eigenvalue weighted by Crippen LogP contribution is 2.26. The number of anilines is 1. The monoisotopic (exact) mass is 579 g/mol. The van der Waals surface area contributed by atoms with E-state index in [0.29, 0.717) is 17.0 Å². The largest absolute Gasteiger partial charge is 0.482 e. The van der Waals surface area contributed by atoms with Gasteiger partial charge in [-0.3, -0.25) is 9.10 Å². The van der Waals surface area contributed by atoms with Gasteiger partial charge in [-0.1, -0.05) is 43.7 Å². The molecule has 1 N–H and O–H groups in total. The number of hydrazone groups is 1. The quantitative estimate of drug-likeness (QED) is 0.190. The smallest absolute Gasteiger partial charge is 0.344 e. The van der Waals surface area contributed by atoms with Crippen molar-refractivity contribution in [3.8, 4) is 5.75 Å². The fraction of sp³-hybridized carbons (Fsp3) is 0.323. The Morgan fingerprint density at radius 3 is 2.12 bits per heavy atom. The Bertz CT molecular complexity index is 1460. The number of nitrogens with one attached hydrogen (secondary N) is 1. The van der Waals surface area contributed by atoms with Crippen LogP contribution in [-0.2, 0) is 24.3 Å². The number of ether oxygens (including phenoxy) is 2. The number of carbonyl (C=O) groups excluding carboxylic acids is 2. The van der Waals surface area contributed by atoms with Crippen LogP contribution in [0.2, 0.25) is 0 Å². The molecule has 0 aliphatic rings. The van der Waals surface area contributed by atoms with Crippen molar-refractivity contribution in [2.75, 3.05) is 17.5 Å². The van der Waals surface area contributed by atoms with E-state index in [9.17, 15) is 18.0 Å². The molecule has 0 spiro atoms. The van der Waals surface area contributed by atoms with Gasteiger partial charge in [0.05, 0.1) is 16.8 Å². The molecule has 0 radical (unpaired) electrons. The molecule has 9 nitrogen and oxygen atoms in total. The lowest BCUT2D eigenvalue weighted by Gasteiger charge is -2.24. The number of rotatable bonds is 11. The van der Waals surface area contributed by atoms with Crippen molar-refractivity contribution in [2.45, 2.75) is 58.0 Å². The molecule has 0 saturated heterocycles. The minimum Gasteiger partial charge on any atom is -0.482 e. The molecule has 0 heterocycles. The maximum Gasteiger partial charge on any atom is 0.344 e. The maximum absolute atomic E-state index is 13.6. The summed E-state index contributed by atoms with van der Waals surface area (Å²) < 4.78 is 38.8. The first-order valence-corrected chi connectivity index (χ1v) is 14.6. The molecule has 0 bridgehead atoms. The van der Waals surface area contributed by atoms with Gasteiger partial charge in [0, 0.05) is 0 Å². The number of esters is 1. The number of carbonyl (C=O) groups is 2. The van der Waals surface area contributed by atoms with Gasteiger partial charge in [0.2, 0.25) is 0 Å². The summed E-state index contributed by atoms with van der Waals surface area (Å²) in [5.41, 5.74) is 4.81. The molecule has 1 amide bonds. The Labute approximate surface area is 242 Å². The fourth-order valence-electron chi connectivity index (χ4n) is 3.69. The lowest BCUT2D eigenvalue weighted by atomic mass is 10.0. The van der Waals surface area contributed by atoms with Gasteiger partial charge in [0.1, 0.15) is 17.9 Å². The third-order valence-electron chi connectivity index (χ3n) is 5.80. The molecule has 3 aromatic rings. The van der Waals surface area contributed by atoms with E-state index >= 15 is 0 Å². The SMILES string of the molecule is Cc1ccc(S(=O)(=O)N(CC(=O)N/N=C\c2ccc(OCC(=O)OC(C)(C)C)cc2)c2ccc(C(C)C)cc2)cc1. The molecule has 0 aromatic heterocycles. The van der Waals surface area contributed by atoms with Crippen molar-refractivity contribution in [3.05, 3.63) is 89.5 Å². The lowest BCUT2D eigenvalue weighted by molar-refractivity contribution is -0.157. The minimum absolute atomic E-state index is 0.0846. The summed E-state index contributed by atoms with van der Waals surface area (Å²) in [7, 11) is -4.03. The van der Waals surface area contributed by atoms with Gasteiger partial charge in [-0.15, -0.1) is 0 Å². The number of hydrogen-bond donors (Lipinski definition) is 1. The standard InChI is InChI=1S/C31H37N3O6S/c1-22(2)25-11-13-26(14-12-25)34(41(37,38)28-17-7-23(3)8-18-28)20-29(35)33-32-19-24-9-15-27(16-10-24)39-21-30(36)40-31(4,5)6/h7-19,22H,20-21H2,1-6H3,(H,33,35)/b32-19-. The van der Waals surface area contributed by atoms with Crippen LogP contribution in [0, 0.1) is 6.92 Å². The molecule has 0 atom stereocenters. The van der Waals surface area contributed by atoms with Crippen LogP contribution in [0.25, 0.3) is 0 Å². The molecule has 3 rings (SSSR count). The van der Waals surface area contributed by atoms with Crippen LogP contribution in [0.1, 0.15) is 57.2 Å². The summed E-state index contributed by atoms with van der Waals surface area (Å²) >= 11 is 0. The van der Waals surface area contributed by atoms with Crippen molar-refractivity contribution in [2.24, 2.45) is 5.10 Å². The van der Waals surface area contributed by atoms with Gasteiger partial charge >= 0.3 is 5.97 Å². The molecule has 218 valence electrons. The van der Waals surface area contributed by atoms with Crippen molar-refractivity contribution >= 4 is 33.8 Å². The summed E-state index contributed by atoms with van der Waals surface area (Å²) in [6.07, 6.45) is 1.42. The number of benzene rings is 3. The van der Waals surface area contributed by atoms with Gasteiger partial charge in [0.25, 0.3) is 15.9 Å². The highest BCUT2D eigenvalue weighted by atomic mass is 32.2. The van der Waals surface area contributed by atoms with Crippen LogP contribution in [0.15, 0.2) is 82.8 Å². The van der Waals surface area contributed by atoms with E-state index in [0.717, 1.165) is 15.4 Å². The van der Waals surface area contributed by atoms with E-state index in [-0.39, 0.29) is 17.4 Å². The van der Waals surface area contributed by atoms with E-state index in [2.05, 4.69) is 10.5 Å². The molecule has 0 unspecified atom stereocenters. The number of hydrogen-bond acceptors (Lipinski definition) is 7. The van der Waals surface area contributed by atoms with E-state index in [1.165, 1.54) is 18.3 Å². The zero-order chi connectivity index (χ0) is 30.2. The highest BCUT2D eigenvalue weighted by molar-refractivity contribution is 7.92. The number of aryl methyl sites for hydroxylation is 1. The molecule has 0 saturated carbocycles. The van der Waals surface area contributed by atoms with Crippen molar-refractivity contribution < 1.29 is 27.5 Å². The van der Waals surface area contributed by atoms with Crippen molar-refractivity contribution in [3.63, 3.8) is 0 Å². The number of sulfonamides is 1. The van der Waals surface area contributed by atoms with Gasteiger partial charge in [-0.25, -0.2) is 18.6 Å². The predicted molar refractivity (Wildman–Crippen MR) is 160 cm³/mol. The van der Waals surface area contributed by atoms with E-state index in [1.807, 2.05) is 32.9 Å². The maximum atomic E-state index is 13.6. The van der Waals surface area contributed by atoms with E-state index in [1.54, 1.807) is 69.3 Å². The molecule has 3 aromatic carbocycles. The highest BCUT2D eigenvalue weighted by Gasteiger charge is 2.27. The average molecular weight is 580 g/mol. The zero-order valence-corrected chi connectivity index (χ0v) is 25.1. The Kier molecular flexibility index (Phi) is 10.3. The first-order chi connectivity index (χ1) is 19.2. The average Bonchev–Trinajstić information content (AvgIpc) is 2.90. The molecule has 0 fully saturated rings. The van der Waals surface area contributed by atoms with E-state index < -0.39 is 34.0 Å². The molecule has 0 aliphatic carbocycles. The van der Waals surface area contributed by atoms with Gasteiger partial charge in [-0.05, 0) is 93.3 Å². The number of nitrogens with zero attached hydrogens (tertiary/aromatic N) is 2. The summed E-state index contributed by atoms with van der Waals surface area (Å²) in [4.78, 5) is 24.7. The van der Waals surface area contributed by atoms with E-state index in [4.69, 9.17) is 9.47 Å². The third kappa shape index (κ3) is 9.46. The normalized spacial score (nSPS) is 11.9. The van der Waals surface area contributed by atoms with Crippen LogP contribution in [-0.4, -0.2) is 45.3 Å². The second-order valence-electron chi connectivity index (χ2n) is 10.8. The summed E-state index contributed by atoms with van der Waals surface area (Å²) in [6, 6.07) is 20.3. The molecule has 10 heteroatoms. The second-order valence-corrected chi connectivity index (χ2v) is 12.7. The Morgan fingerprint density at radius 2 is 1.56 bits per heavy atom. The van der Waals surface area contributed by atoms with Crippen LogP contribution in [0.5, 0.6) is 5.75 Å². The lowest BCUT2D eigenvalue weighted by Crippen LogP contribution is -2.39. The fourth-order valence-corrected chi connectivity index (χ4v) is 5.11. The Balaban J connectivity index is 1.68. The molecule has 41 heavy (non-hydrogen) atoms. The predicted octanol–water partition coefficient (Wildman–Crippen LogP) is 5.18. The summed E-state index contributed by atoms with van der Waals surface area (Å²) in [5.74, 6) is -0.339. The van der Waals surface area contributed by atoms with Crippen LogP contribution >= 0.6 is 0 Å². The van der Waals surface area contributed by atoms with Gasteiger partial charge in [-0.2, -0.15) is 5.10 Å². The zero-order valence-electron chi connectivity index (χ0n) is 24.2. The summed E-state index contributed by atoms with van der Waals surface area (Å²) in [5, 5.41) is 3.98. The van der Waals surface area contributed by atoms with Gasteiger partial charge < -0.3 is 9.47 Å². The van der Waals surface area contributed by atoms with Crippen LogP contribution < -0.4 is 14.5 Å². The number of amides is 1. The Morgan fingerprint density at radius 1 is 0.951 bits per heavy atom. The second kappa shape index (κ2) is 13.5. The van der Waals surface area contributed by atoms with Crippen molar-refractivity contribution in [1.29, 1.82) is 0 Å². The summed E-state index contributed by atoms with van der Waals surface area (Å²) in [6.45, 7) is 10.6. The minimum atomic E-state index is -4.03. The van der Waals surface area contributed by atoms with Gasteiger partial charge in [0.15, 0.2) is 6.61 Å². The van der Waals surface area contributed by atoms with Crippen LogP contribution in [0.3, 0.4) is 0 Å². The first kappa shape index (κ1) is 31.3. The topological polar surface area (TPSA) is 114 Å². The van der Waals surface area contributed by atoms with Crippen LogP contribution in [0.4, 0.5) is 5.69 Å². The third-order valence-corrected chi connectivity index (χ3v) is 7.59. The van der Waals surface area contributed by atoms with Crippen molar-refractivity contribution in [1.82, 2.24) is 5.43 Å². The molecular formula is C31H37N3O6S. The molecule has 0 aliphatic heterocycles.